The van der Waals surface area contributed by atoms with E-state index in [1.807, 2.05) is 16.7 Å². The molecule has 0 saturated carbocycles. The lowest BCUT2D eigenvalue weighted by atomic mass is 10.00. The Kier molecular flexibility index (Phi) is 5.76. The van der Waals surface area contributed by atoms with Crippen LogP contribution in [0.15, 0.2) is 0 Å². The van der Waals surface area contributed by atoms with E-state index in [-0.39, 0.29) is 30.3 Å². The van der Waals surface area contributed by atoms with Gasteiger partial charge < -0.3 is 15.5 Å². The summed E-state index contributed by atoms with van der Waals surface area (Å²) in [6, 6.07) is -0.302. The van der Waals surface area contributed by atoms with Gasteiger partial charge in [0.2, 0.25) is 17.7 Å². The summed E-state index contributed by atoms with van der Waals surface area (Å²) in [4.78, 5) is 41.2. The number of piperazine rings is 1. The highest BCUT2D eigenvalue weighted by molar-refractivity contribution is 5.88. The minimum absolute atomic E-state index is 0.0558. The van der Waals surface area contributed by atoms with Crippen LogP contribution < -0.4 is 5.73 Å². The zero-order valence-electron chi connectivity index (χ0n) is 13.3. The average molecular weight is 310 g/mol. The molecule has 0 bridgehead atoms. The molecule has 0 aromatic rings. The van der Waals surface area contributed by atoms with Crippen molar-refractivity contribution in [3.63, 3.8) is 0 Å². The second-order valence-electron chi connectivity index (χ2n) is 6.02. The molecular formula is C15H26N4O3. The van der Waals surface area contributed by atoms with Gasteiger partial charge in [-0.15, -0.1) is 0 Å². The van der Waals surface area contributed by atoms with Crippen molar-refractivity contribution in [2.75, 3.05) is 39.3 Å². The zero-order valence-corrected chi connectivity index (χ0v) is 13.3. The number of amides is 3. The highest BCUT2D eigenvalue weighted by Gasteiger charge is 2.35. The molecule has 2 rings (SSSR count). The fourth-order valence-electron chi connectivity index (χ4n) is 3.25. The number of carbonyl (C=O) groups is 3. The van der Waals surface area contributed by atoms with Crippen molar-refractivity contribution in [3.05, 3.63) is 0 Å². The molecule has 2 N–H and O–H groups in total. The zero-order chi connectivity index (χ0) is 16.1. The topological polar surface area (TPSA) is 87.0 Å². The maximum absolute atomic E-state index is 12.7. The van der Waals surface area contributed by atoms with E-state index in [0.29, 0.717) is 39.1 Å². The normalized spacial score (nSPS) is 23.4. The highest BCUT2D eigenvalue weighted by atomic mass is 16.2. The minimum atomic E-state index is -0.341. The summed E-state index contributed by atoms with van der Waals surface area (Å²) in [6.45, 7) is 5.26. The third kappa shape index (κ3) is 3.97. The molecule has 0 aromatic carbocycles. The number of nitrogens with two attached hydrogens (primary N) is 1. The summed E-state index contributed by atoms with van der Waals surface area (Å²) >= 11 is 0. The van der Waals surface area contributed by atoms with Gasteiger partial charge in [0.15, 0.2) is 0 Å². The molecule has 2 aliphatic rings. The average Bonchev–Trinajstić information content (AvgIpc) is 2.53. The Morgan fingerprint density at radius 2 is 1.73 bits per heavy atom. The second-order valence-corrected chi connectivity index (χ2v) is 6.02. The van der Waals surface area contributed by atoms with Gasteiger partial charge in [0, 0.05) is 39.1 Å². The molecule has 2 fully saturated rings. The first-order chi connectivity index (χ1) is 10.5. The molecular weight excluding hydrogens is 284 g/mol. The van der Waals surface area contributed by atoms with Crippen LogP contribution in [-0.2, 0) is 14.4 Å². The standard InChI is InChI=1S/C15H26N4O3/c1-2-14(21)19-6-4-3-5-12(19)15(22)18-9-7-17(8-10-18)11-13(16)20/h12H,2-11H2,1H3,(H2,16,20)/t12-/m1/s1. The van der Waals surface area contributed by atoms with E-state index in [2.05, 4.69) is 0 Å². The van der Waals surface area contributed by atoms with Gasteiger partial charge in [-0.25, -0.2) is 0 Å². The number of hydrogen-bond donors (Lipinski definition) is 1. The quantitative estimate of drug-likeness (QED) is 0.752. The van der Waals surface area contributed by atoms with Gasteiger partial charge >= 0.3 is 0 Å². The van der Waals surface area contributed by atoms with Crippen LogP contribution in [0.25, 0.3) is 0 Å². The van der Waals surface area contributed by atoms with E-state index in [1.54, 1.807) is 4.90 Å². The number of carbonyl (C=O) groups excluding carboxylic acids is 3. The van der Waals surface area contributed by atoms with E-state index in [0.717, 1.165) is 19.3 Å². The van der Waals surface area contributed by atoms with Crippen LogP contribution >= 0.6 is 0 Å². The lowest BCUT2D eigenvalue weighted by Gasteiger charge is -2.40. The van der Waals surface area contributed by atoms with Crippen LogP contribution in [0.3, 0.4) is 0 Å². The van der Waals surface area contributed by atoms with E-state index >= 15 is 0 Å². The van der Waals surface area contributed by atoms with Gasteiger partial charge in [-0.3, -0.25) is 19.3 Å². The first-order valence-electron chi connectivity index (χ1n) is 8.11. The maximum atomic E-state index is 12.7. The highest BCUT2D eigenvalue weighted by Crippen LogP contribution is 2.20. The van der Waals surface area contributed by atoms with E-state index < -0.39 is 0 Å². The molecule has 0 aromatic heterocycles. The summed E-state index contributed by atoms with van der Waals surface area (Å²) in [5.41, 5.74) is 5.20. The maximum Gasteiger partial charge on any atom is 0.245 e. The molecule has 2 saturated heterocycles. The molecule has 0 spiro atoms. The van der Waals surface area contributed by atoms with Crippen molar-refractivity contribution in [1.82, 2.24) is 14.7 Å². The lowest BCUT2D eigenvalue weighted by Crippen LogP contribution is -2.57. The summed E-state index contributed by atoms with van der Waals surface area (Å²) in [6.07, 6.45) is 3.16. The third-order valence-corrected chi connectivity index (χ3v) is 4.47. The first kappa shape index (κ1) is 16.7. The van der Waals surface area contributed by atoms with Crippen molar-refractivity contribution in [1.29, 1.82) is 0 Å². The van der Waals surface area contributed by atoms with Crippen molar-refractivity contribution >= 4 is 17.7 Å². The van der Waals surface area contributed by atoms with Crippen LogP contribution in [0, 0.1) is 0 Å². The largest absolute Gasteiger partial charge is 0.369 e. The van der Waals surface area contributed by atoms with Gasteiger partial charge in [-0.2, -0.15) is 0 Å². The fourth-order valence-corrected chi connectivity index (χ4v) is 3.25. The van der Waals surface area contributed by atoms with Gasteiger partial charge in [-0.05, 0) is 19.3 Å². The third-order valence-electron chi connectivity index (χ3n) is 4.47. The SMILES string of the molecule is CCC(=O)N1CCCC[C@@H]1C(=O)N1CCN(CC(N)=O)CC1. The molecule has 2 heterocycles. The Morgan fingerprint density at radius 3 is 2.32 bits per heavy atom. The Hall–Kier alpha value is -1.63. The number of nitrogens with zero attached hydrogens (tertiary/aromatic N) is 3. The van der Waals surface area contributed by atoms with Crippen molar-refractivity contribution in [2.24, 2.45) is 5.73 Å². The second kappa shape index (κ2) is 7.58. The van der Waals surface area contributed by atoms with Crippen LogP contribution in [0.1, 0.15) is 32.6 Å². The molecule has 7 heteroatoms. The van der Waals surface area contributed by atoms with Crippen LogP contribution in [0.2, 0.25) is 0 Å². The number of piperidine rings is 1. The smallest absolute Gasteiger partial charge is 0.245 e. The predicted octanol–water partition coefficient (Wildman–Crippen LogP) is -0.593. The van der Waals surface area contributed by atoms with E-state index in [4.69, 9.17) is 5.73 Å². The van der Waals surface area contributed by atoms with Crippen molar-refractivity contribution in [2.45, 2.75) is 38.6 Å². The number of primary amides is 1. The summed E-state index contributed by atoms with van der Waals surface area (Å²) in [5.74, 6) is -0.225. The van der Waals surface area contributed by atoms with E-state index in [1.165, 1.54) is 0 Å². The Balaban J connectivity index is 1.93. The molecule has 0 unspecified atom stereocenters. The predicted molar refractivity (Wildman–Crippen MR) is 81.9 cm³/mol. The molecule has 124 valence electrons. The van der Waals surface area contributed by atoms with Gasteiger partial charge in [-0.1, -0.05) is 6.92 Å². The van der Waals surface area contributed by atoms with Gasteiger partial charge in [0.25, 0.3) is 0 Å². The number of rotatable bonds is 4. The molecule has 0 aliphatic carbocycles. The molecule has 0 radical (unpaired) electrons. The lowest BCUT2D eigenvalue weighted by molar-refractivity contribution is -0.148. The molecule has 3 amide bonds. The summed E-state index contributed by atoms with van der Waals surface area (Å²) < 4.78 is 0. The van der Waals surface area contributed by atoms with Crippen molar-refractivity contribution in [3.8, 4) is 0 Å². The number of hydrogen-bond acceptors (Lipinski definition) is 4. The van der Waals surface area contributed by atoms with Gasteiger partial charge in [0.05, 0.1) is 6.54 Å². The monoisotopic (exact) mass is 310 g/mol. The summed E-state index contributed by atoms with van der Waals surface area (Å²) in [5, 5.41) is 0. The Labute approximate surface area is 131 Å². The molecule has 2 aliphatic heterocycles. The first-order valence-corrected chi connectivity index (χ1v) is 8.11. The fraction of sp³-hybridized carbons (Fsp3) is 0.800. The summed E-state index contributed by atoms with van der Waals surface area (Å²) in [7, 11) is 0. The number of likely N-dealkylation sites (tertiary alicyclic amines) is 1. The Morgan fingerprint density at radius 1 is 1.05 bits per heavy atom. The Bertz CT molecular complexity index is 433. The molecule has 1 atom stereocenters. The molecule has 7 nitrogen and oxygen atoms in total. The van der Waals surface area contributed by atoms with Crippen LogP contribution in [0.4, 0.5) is 0 Å². The van der Waals surface area contributed by atoms with Crippen LogP contribution in [-0.4, -0.2) is 77.7 Å². The molecule has 22 heavy (non-hydrogen) atoms. The van der Waals surface area contributed by atoms with E-state index in [9.17, 15) is 14.4 Å². The van der Waals surface area contributed by atoms with Gasteiger partial charge in [0.1, 0.15) is 6.04 Å². The van der Waals surface area contributed by atoms with Crippen molar-refractivity contribution < 1.29 is 14.4 Å². The van der Waals surface area contributed by atoms with Crippen LogP contribution in [0.5, 0.6) is 0 Å². The minimum Gasteiger partial charge on any atom is -0.369 e.